The van der Waals surface area contributed by atoms with E-state index in [0.717, 1.165) is 0 Å². The van der Waals surface area contributed by atoms with Crippen LogP contribution in [0.25, 0.3) is 0 Å². The highest BCUT2D eigenvalue weighted by Crippen LogP contribution is 2.63. The first-order valence-electron chi connectivity index (χ1n) is 10.5. The largest absolute Gasteiger partial charge is 0.394 e. The number of carbonyl (C=O) groups excluding carboxylic acids is 3. The van der Waals surface area contributed by atoms with Gasteiger partial charge in [-0.25, -0.2) is 0 Å². The Morgan fingerprint density at radius 1 is 1.28 bits per heavy atom. The van der Waals surface area contributed by atoms with Crippen LogP contribution >= 0.6 is 0 Å². The Bertz CT molecular complexity index is 718. The molecule has 29 heavy (non-hydrogen) atoms. The zero-order valence-corrected chi connectivity index (χ0v) is 18.5. The molecule has 3 aliphatic heterocycles. The smallest absolute Gasteiger partial charge is 0.246 e. The van der Waals surface area contributed by atoms with Gasteiger partial charge in [0.2, 0.25) is 17.7 Å². The first kappa shape index (κ1) is 22.0. The molecule has 1 spiro atoms. The van der Waals surface area contributed by atoms with E-state index in [-0.39, 0.29) is 30.2 Å². The van der Waals surface area contributed by atoms with Crippen LogP contribution in [0.2, 0.25) is 0 Å². The number of amides is 3. The molecule has 0 saturated carbocycles. The molecule has 164 valence electrons. The van der Waals surface area contributed by atoms with Gasteiger partial charge >= 0.3 is 0 Å². The lowest BCUT2D eigenvalue weighted by Gasteiger charge is -2.39. The molecule has 0 aliphatic carbocycles. The Balaban J connectivity index is 2.13. The maximum atomic E-state index is 13.7. The fraction of sp³-hybridized carbons (Fsp3) is 0.857. The van der Waals surface area contributed by atoms with E-state index in [2.05, 4.69) is 10.6 Å². The number of nitrogens with one attached hydrogen (secondary N) is 2. The van der Waals surface area contributed by atoms with Crippen molar-refractivity contribution in [2.45, 2.75) is 83.2 Å². The van der Waals surface area contributed by atoms with Gasteiger partial charge in [-0.15, -0.1) is 0 Å². The molecule has 0 aromatic heterocycles. The van der Waals surface area contributed by atoms with Crippen LogP contribution < -0.4 is 10.6 Å². The van der Waals surface area contributed by atoms with Crippen molar-refractivity contribution >= 4 is 17.7 Å². The van der Waals surface area contributed by atoms with Crippen molar-refractivity contribution in [3.63, 3.8) is 0 Å². The van der Waals surface area contributed by atoms with Gasteiger partial charge in [-0.3, -0.25) is 14.4 Å². The Hall–Kier alpha value is -1.67. The van der Waals surface area contributed by atoms with E-state index in [0.29, 0.717) is 12.8 Å². The lowest BCUT2D eigenvalue weighted by molar-refractivity contribution is -0.151. The highest BCUT2D eigenvalue weighted by atomic mass is 16.5. The number of hydrogen-bond donors (Lipinski definition) is 3. The van der Waals surface area contributed by atoms with Gasteiger partial charge in [-0.2, -0.15) is 0 Å². The van der Waals surface area contributed by atoms with Gasteiger partial charge in [0.1, 0.15) is 11.6 Å². The molecule has 3 aliphatic rings. The minimum absolute atomic E-state index is 0.0599. The quantitative estimate of drug-likeness (QED) is 0.610. The summed E-state index contributed by atoms with van der Waals surface area (Å²) in [6.45, 7) is 11.1. The van der Waals surface area contributed by atoms with Crippen molar-refractivity contribution in [1.29, 1.82) is 0 Å². The van der Waals surface area contributed by atoms with E-state index in [9.17, 15) is 19.5 Å². The highest BCUT2D eigenvalue weighted by molar-refractivity contribution is 5.99. The molecule has 6 atom stereocenters. The van der Waals surface area contributed by atoms with E-state index in [1.807, 2.05) is 41.5 Å². The van der Waals surface area contributed by atoms with E-state index in [1.165, 1.54) is 4.90 Å². The normalized spacial score (nSPS) is 37.1. The summed E-state index contributed by atoms with van der Waals surface area (Å²) in [5.74, 6) is -2.26. The van der Waals surface area contributed by atoms with Crippen LogP contribution in [0.3, 0.4) is 0 Å². The first-order valence-corrected chi connectivity index (χ1v) is 10.5. The second-order valence-electron chi connectivity index (χ2n) is 10.3. The number of hydrogen-bond acceptors (Lipinski definition) is 5. The van der Waals surface area contributed by atoms with E-state index < -0.39 is 40.7 Å². The molecule has 2 unspecified atom stereocenters. The summed E-state index contributed by atoms with van der Waals surface area (Å²) >= 11 is 0. The second kappa shape index (κ2) is 6.94. The second-order valence-corrected chi connectivity index (χ2v) is 10.3. The lowest BCUT2D eigenvalue weighted by Crippen LogP contribution is -2.61. The summed E-state index contributed by atoms with van der Waals surface area (Å²) < 4.78 is 6.46. The maximum Gasteiger partial charge on any atom is 0.246 e. The third-order valence-electron chi connectivity index (χ3n) is 6.80. The van der Waals surface area contributed by atoms with Gasteiger partial charge in [0.15, 0.2) is 0 Å². The predicted molar refractivity (Wildman–Crippen MR) is 107 cm³/mol. The first-order chi connectivity index (χ1) is 13.3. The van der Waals surface area contributed by atoms with E-state index in [4.69, 9.17) is 4.74 Å². The molecule has 8 heteroatoms. The van der Waals surface area contributed by atoms with Crippen molar-refractivity contribution in [3.05, 3.63) is 0 Å². The molecule has 3 amide bonds. The lowest BCUT2D eigenvalue weighted by atomic mass is 9.66. The van der Waals surface area contributed by atoms with Gasteiger partial charge < -0.3 is 25.4 Å². The minimum atomic E-state index is -1.05. The molecule has 2 bridgehead atoms. The van der Waals surface area contributed by atoms with Gasteiger partial charge in [0, 0.05) is 12.6 Å². The standard InChI is InChI=1S/C21H35N3O5/c1-11(2)12(10-25)24-15(17(27)23-19(3,4)5)21-9-8-20(6,29-21)13(16(26)22-7)14(21)18(24)28/h11-15,25H,8-10H2,1-7H3,(H,22,26)(H,23,27)/t12-,13-,14-,15?,20+,21?/m0/s1. The average Bonchev–Trinajstić information content (AvgIpc) is 3.15. The van der Waals surface area contributed by atoms with Crippen molar-refractivity contribution in [3.8, 4) is 0 Å². The molecule has 3 heterocycles. The zero-order valence-electron chi connectivity index (χ0n) is 18.5. The minimum Gasteiger partial charge on any atom is -0.394 e. The van der Waals surface area contributed by atoms with Gasteiger partial charge in [0.05, 0.1) is 30.1 Å². The van der Waals surface area contributed by atoms with Crippen LogP contribution in [-0.4, -0.2) is 70.2 Å². The summed E-state index contributed by atoms with van der Waals surface area (Å²) in [6.07, 6.45) is 1.13. The number of aliphatic hydroxyl groups is 1. The molecule has 0 aromatic rings. The summed E-state index contributed by atoms with van der Waals surface area (Å²) in [4.78, 5) is 41.5. The van der Waals surface area contributed by atoms with Crippen molar-refractivity contribution < 1.29 is 24.2 Å². The molecular formula is C21H35N3O5. The molecule has 8 nitrogen and oxygen atoms in total. The number of ether oxygens (including phenoxy) is 1. The number of fused-ring (bicyclic) bond motifs is 1. The molecule has 3 fully saturated rings. The summed E-state index contributed by atoms with van der Waals surface area (Å²) in [5, 5.41) is 15.7. The molecule has 3 rings (SSSR count). The third kappa shape index (κ3) is 3.15. The van der Waals surface area contributed by atoms with Crippen molar-refractivity contribution in [1.82, 2.24) is 15.5 Å². The summed E-state index contributed by atoms with van der Waals surface area (Å²) in [7, 11) is 1.55. The fourth-order valence-corrected chi connectivity index (χ4v) is 5.64. The molecule has 0 radical (unpaired) electrons. The van der Waals surface area contributed by atoms with Crippen LogP contribution in [0.15, 0.2) is 0 Å². The van der Waals surface area contributed by atoms with Gasteiger partial charge in [-0.1, -0.05) is 13.8 Å². The van der Waals surface area contributed by atoms with Crippen LogP contribution in [0.4, 0.5) is 0 Å². The number of rotatable bonds is 5. The Kier molecular flexibility index (Phi) is 5.27. The topological polar surface area (TPSA) is 108 Å². The van der Waals surface area contributed by atoms with Crippen molar-refractivity contribution in [2.75, 3.05) is 13.7 Å². The molecule has 3 saturated heterocycles. The number of aliphatic hydroxyl groups excluding tert-OH is 1. The van der Waals surface area contributed by atoms with Crippen LogP contribution in [0, 0.1) is 17.8 Å². The Labute approximate surface area is 172 Å². The SMILES string of the molecule is CNC(=O)[C@@H]1[C@H]2C(=O)N([C@@H](CO)C(C)C)C(C(=O)NC(C)(C)C)C23CC[C@@]1(C)O3. The summed E-state index contributed by atoms with van der Waals surface area (Å²) in [6, 6.07) is -1.41. The van der Waals surface area contributed by atoms with E-state index >= 15 is 0 Å². The highest BCUT2D eigenvalue weighted by Gasteiger charge is 2.78. The zero-order chi connectivity index (χ0) is 21.9. The number of nitrogens with zero attached hydrogens (tertiary/aromatic N) is 1. The fourth-order valence-electron chi connectivity index (χ4n) is 5.64. The van der Waals surface area contributed by atoms with Crippen LogP contribution in [0.1, 0.15) is 54.4 Å². The molecule has 3 N–H and O–H groups in total. The van der Waals surface area contributed by atoms with E-state index in [1.54, 1.807) is 7.05 Å². The Morgan fingerprint density at radius 3 is 2.38 bits per heavy atom. The number of likely N-dealkylation sites (tertiary alicyclic amines) is 1. The third-order valence-corrected chi connectivity index (χ3v) is 6.80. The van der Waals surface area contributed by atoms with Crippen LogP contribution in [0.5, 0.6) is 0 Å². The number of carbonyl (C=O) groups is 3. The van der Waals surface area contributed by atoms with Crippen molar-refractivity contribution in [2.24, 2.45) is 17.8 Å². The maximum absolute atomic E-state index is 13.7. The predicted octanol–water partition coefficient (Wildman–Crippen LogP) is 0.429. The van der Waals surface area contributed by atoms with Gasteiger partial charge in [-0.05, 0) is 46.5 Å². The Morgan fingerprint density at radius 2 is 1.90 bits per heavy atom. The monoisotopic (exact) mass is 409 g/mol. The molecule has 0 aromatic carbocycles. The summed E-state index contributed by atoms with van der Waals surface area (Å²) in [5.41, 5.74) is -2.33. The molecular weight excluding hydrogens is 374 g/mol. The van der Waals surface area contributed by atoms with Crippen LogP contribution in [-0.2, 0) is 19.1 Å². The van der Waals surface area contributed by atoms with Gasteiger partial charge in [0.25, 0.3) is 0 Å². The average molecular weight is 410 g/mol.